The van der Waals surface area contributed by atoms with Gasteiger partial charge in [-0.2, -0.15) is 4.98 Å². The lowest BCUT2D eigenvalue weighted by atomic mass is 10.2. The number of hydrogen-bond donors (Lipinski definition) is 0. The van der Waals surface area contributed by atoms with E-state index in [-0.39, 0.29) is 0 Å². The van der Waals surface area contributed by atoms with Crippen molar-refractivity contribution < 1.29 is 13.8 Å². The Balaban J connectivity index is 2.03. The summed E-state index contributed by atoms with van der Waals surface area (Å²) >= 11 is 0. The van der Waals surface area contributed by atoms with Gasteiger partial charge in [0, 0.05) is 6.07 Å². The molecule has 0 saturated heterocycles. The first-order valence-electron chi connectivity index (χ1n) is 5.26. The van der Waals surface area contributed by atoms with Crippen LogP contribution >= 0.6 is 0 Å². The average Bonchev–Trinajstić information content (AvgIpc) is 3.09. The van der Waals surface area contributed by atoms with Crippen molar-refractivity contribution in [2.75, 3.05) is 7.11 Å². The molecule has 6 nitrogen and oxygen atoms in total. The number of aromatic nitrogens is 3. The highest BCUT2D eigenvalue weighted by Crippen LogP contribution is 2.28. The second-order valence-corrected chi connectivity index (χ2v) is 3.51. The van der Waals surface area contributed by atoms with Crippen LogP contribution in [-0.2, 0) is 0 Å². The Hall–Kier alpha value is -2.63. The molecule has 0 atom stereocenters. The smallest absolute Gasteiger partial charge is 0.280 e. The van der Waals surface area contributed by atoms with Crippen molar-refractivity contribution in [3.05, 3.63) is 36.6 Å². The van der Waals surface area contributed by atoms with Crippen molar-refractivity contribution in [1.29, 1.82) is 0 Å². The Morgan fingerprint density at radius 2 is 2.00 bits per heavy atom. The third kappa shape index (κ3) is 1.73. The molecule has 3 rings (SSSR count). The summed E-state index contributed by atoms with van der Waals surface area (Å²) in [6.07, 6.45) is 1.45. The molecule has 0 aliphatic carbocycles. The molecule has 0 aliphatic rings. The SMILES string of the molecule is COc1ccccc1-c1noc(-c2ccon2)n1. The van der Waals surface area contributed by atoms with Crippen molar-refractivity contribution in [2.45, 2.75) is 0 Å². The molecule has 2 heterocycles. The zero-order chi connectivity index (χ0) is 12.4. The third-order valence-electron chi connectivity index (χ3n) is 2.43. The van der Waals surface area contributed by atoms with Crippen LogP contribution in [0.3, 0.4) is 0 Å². The first-order valence-corrected chi connectivity index (χ1v) is 5.26. The summed E-state index contributed by atoms with van der Waals surface area (Å²) in [5.74, 6) is 1.44. The molecule has 1 aromatic carbocycles. The molecule has 0 spiro atoms. The molecule has 0 radical (unpaired) electrons. The summed E-state index contributed by atoms with van der Waals surface area (Å²) in [6.45, 7) is 0. The number of para-hydroxylation sites is 1. The van der Waals surface area contributed by atoms with Gasteiger partial charge in [-0.15, -0.1) is 0 Å². The predicted octanol–water partition coefficient (Wildman–Crippen LogP) is 2.40. The molecule has 2 aromatic heterocycles. The molecule has 90 valence electrons. The van der Waals surface area contributed by atoms with Gasteiger partial charge in [-0.25, -0.2) is 0 Å². The minimum Gasteiger partial charge on any atom is -0.496 e. The first kappa shape index (κ1) is 10.5. The minimum atomic E-state index is 0.310. The fraction of sp³-hybridized carbons (Fsp3) is 0.0833. The highest BCUT2D eigenvalue weighted by Gasteiger charge is 2.15. The first-order chi connectivity index (χ1) is 8.88. The van der Waals surface area contributed by atoms with E-state index in [4.69, 9.17) is 13.8 Å². The van der Waals surface area contributed by atoms with E-state index in [2.05, 4.69) is 15.3 Å². The summed E-state index contributed by atoms with van der Waals surface area (Å²) in [4.78, 5) is 4.25. The van der Waals surface area contributed by atoms with Crippen molar-refractivity contribution in [1.82, 2.24) is 15.3 Å². The van der Waals surface area contributed by atoms with E-state index in [1.165, 1.54) is 6.26 Å². The fourth-order valence-electron chi connectivity index (χ4n) is 1.59. The second kappa shape index (κ2) is 4.33. The van der Waals surface area contributed by atoms with Crippen LogP contribution in [0.25, 0.3) is 23.0 Å². The summed E-state index contributed by atoms with van der Waals surface area (Å²) in [5.41, 5.74) is 1.27. The molecule has 0 aliphatic heterocycles. The molecule has 0 bridgehead atoms. The van der Waals surface area contributed by atoms with E-state index >= 15 is 0 Å². The van der Waals surface area contributed by atoms with Crippen LogP contribution in [0.15, 0.2) is 45.6 Å². The van der Waals surface area contributed by atoms with Crippen LogP contribution in [0.5, 0.6) is 5.75 Å². The summed E-state index contributed by atoms with van der Waals surface area (Å²) in [5, 5.41) is 7.64. The molecule has 3 aromatic rings. The van der Waals surface area contributed by atoms with Crippen molar-refractivity contribution >= 4 is 0 Å². The van der Waals surface area contributed by atoms with Gasteiger partial charge in [-0.1, -0.05) is 22.4 Å². The van der Waals surface area contributed by atoms with Crippen LogP contribution in [-0.4, -0.2) is 22.4 Å². The highest BCUT2D eigenvalue weighted by atomic mass is 16.5. The molecular weight excluding hydrogens is 234 g/mol. The molecule has 6 heteroatoms. The zero-order valence-corrected chi connectivity index (χ0v) is 9.53. The van der Waals surface area contributed by atoms with Crippen LogP contribution in [0, 0.1) is 0 Å². The Morgan fingerprint density at radius 3 is 2.78 bits per heavy atom. The summed E-state index contributed by atoms with van der Waals surface area (Å²) in [7, 11) is 1.59. The van der Waals surface area contributed by atoms with Gasteiger partial charge in [-0.05, 0) is 12.1 Å². The topological polar surface area (TPSA) is 74.2 Å². The van der Waals surface area contributed by atoms with Gasteiger partial charge in [-0.3, -0.25) is 0 Å². The lowest BCUT2D eigenvalue weighted by Crippen LogP contribution is -1.88. The Morgan fingerprint density at radius 1 is 1.11 bits per heavy atom. The van der Waals surface area contributed by atoms with Gasteiger partial charge < -0.3 is 13.8 Å². The molecule has 0 saturated carbocycles. The number of methoxy groups -OCH3 is 1. The van der Waals surface area contributed by atoms with Gasteiger partial charge >= 0.3 is 0 Å². The summed E-state index contributed by atoms with van der Waals surface area (Å²) in [6, 6.07) is 9.10. The van der Waals surface area contributed by atoms with E-state index < -0.39 is 0 Å². The maximum atomic E-state index is 5.24. The third-order valence-corrected chi connectivity index (χ3v) is 2.43. The predicted molar refractivity (Wildman–Crippen MR) is 61.8 cm³/mol. The lowest BCUT2D eigenvalue weighted by molar-refractivity contribution is 0.404. The van der Waals surface area contributed by atoms with Crippen LogP contribution in [0.2, 0.25) is 0 Å². The number of benzene rings is 1. The van der Waals surface area contributed by atoms with E-state index in [0.717, 1.165) is 5.56 Å². The Kier molecular flexibility index (Phi) is 2.53. The summed E-state index contributed by atoms with van der Waals surface area (Å²) < 4.78 is 15.1. The maximum absolute atomic E-state index is 5.24. The average molecular weight is 243 g/mol. The quantitative estimate of drug-likeness (QED) is 0.703. The van der Waals surface area contributed by atoms with Crippen LogP contribution in [0.4, 0.5) is 0 Å². The van der Waals surface area contributed by atoms with Crippen molar-refractivity contribution in [3.63, 3.8) is 0 Å². The Bertz CT molecular complexity index is 646. The normalized spacial score (nSPS) is 10.5. The van der Waals surface area contributed by atoms with Crippen LogP contribution < -0.4 is 4.74 Å². The van der Waals surface area contributed by atoms with E-state index in [1.807, 2.05) is 24.3 Å². The van der Waals surface area contributed by atoms with Gasteiger partial charge in [0.15, 0.2) is 5.69 Å². The van der Waals surface area contributed by atoms with Gasteiger partial charge in [0.2, 0.25) is 5.82 Å². The second-order valence-electron chi connectivity index (χ2n) is 3.51. The van der Waals surface area contributed by atoms with Crippen LogP contribution in [0.1, 0.15) is 0 Å². The van der Waals surface area contributed by atoms with Gasteiger partial charge in [0.1, 0.15) is 12.0 Å². The minimum absolute atomic E-state index is 0.310. The van der Waals surface area contributed by atoms with Gasteiger partial charge in [0.05, 0.1) is 12.7 Å². The number of hydrogen-bond acceptors (Lipinski definition) is 6. The molecule has 0 amide bonds. The standard InChI is InChI=1S/C12H9N3O3/c1-16-10-5-3-2-4-8(10)11-13-12(18-15-11)9-6-7-17-14-9/h2-7H,1H3. The zero-order valence-electron chi connectivity index (χ0n) is 9.53. The molecular formula is C12H9N3O3. The number of ether oxygens (including phenoxy) is 1. The van der Waals surface area contributed by atoms with Crippen molar-refractivity contribution in [2.24, 2.45) is 0 Å². The van der Waals surface area contributed by atoms with E-state index in [9.17, 15) is 0 Å². The highest BCUT2D eigenvalue weighted by molar-refractivity contribution is 5.64. The van der Waals surface area contributed by atoms with E-state index in [0.29, 0.717) is 23.2 Å². The fourth-order valence-corrected chi connectivity index (χ4v) is 1.59. The number of rotatable bonds is 3. The molecule has 18 heavy (non-hydrogen) atoms. The molecule has 0 fully saturated rings. The largest absolute Gasteiger partial charge is 0.496 e. The molecule has 0 unspecified atom stereocenters. The lowest BCUT2D eigenvalue weighted by Gasteiger charge is -2.02. The molecule has 0 N–H and O–H groups in total. The monoisotopic (exact) mass is 243 g/mol. The van der Waals surface area contributed by atoms with Gasteiger partial charge in [0.25, 0.3) is 5.89 Å². The Labute approximate surface area is 102 Å². The maximum Gasteiger partial charge on any atom is 0.280 e. The van der Waals surface area contributed by atoms with Crippen molar-refractivity contribution in [3.8, 4) is 28.7 Å². The number of nitrogens with zero attached hydrogens (tertiary/aromatic N) is 3. The van der Waals surface area contributed by atoms with E-state index in [1.54, 1.807) is 13.2 Å².